The van der Waals surface area contributed by atoms with E-state index in [-0.39, 0.29) is 5.41 Å². The molecule has 0 spiro atoms. The van der Waals surface area contributed by atoms with Crippen molar-refractivity contribution in [3.63, 3.8) is 0 Å². The molecule has 23 heavy (non-hydrogen) atoms. The Kier molecular flexibility index (Phi) is 3.75. The number of rotatable bonds is 1. The van der Waals surface area contributed by atoms with Gasteiger partial charge in [0.15, 0.2) is 0 Å². The minimum Gasteiger partial charge on any atom is -0.492 e. The van der Waals surface area contributed by atoms with E-state index in [1.807, 2.05) is 12.1 Å². The van der Waals surface area contributed by atoms with Crippen LogP contribution in [-0.4, -0.2) is 11.8 Å². The van der Waals surface area contributed by atoms with Gasteiger partial charge in [0.2, 0.25) is 6.20 Å². The van der Waals surface area contributed by atoms with Crippen LogP contribution in [0.15, 0.2) is 42.6 Å². The average Bonchev–Trinajstić information content (AvgIpc) is 2.63. The van der Waals surface area contributed by atoms with E-state index in [4.69, 9.17) is 16.3 Å². The topological polar surface area (TPSA) is 57.1 Å². The molecule has 3 rings (SSSR count). The van der Waals surface area contributed by atoms with Crippen molar-refractivity contribution in [3.05, 3.63) is 64.4 Å². The molecule has 0 saturated heterocycles. The van der Waals surface area contributed by atoms with Gasteiger partial charge in [-0.3, -0.25) is 5.21 Å². The molecule has 1 aliphatic rings. The van der Waals surface area contributed by atoms with Gasteiger partial charge in [-0.2, -0.15) is 5.26 Å². The van der Waals surface area contributed by atoms with Crippen LogP contribution >= 0.6 is 11.6 Å². The van der Waals surface area contributed by atoms with Gasteiger partial charge in [0.05, 0.1) is 22.8 Å². The summed E-state index contributed by atoms with van der Waals surface area (Å²) in [5.41, 5.74) is 2.30. The van der Waals surface area contributed by atoms with Gasteiger partial charge in [0.25, 0.3) is 5.69 Å². The Labute approximate surface area is 139 Å². The quantitative estimate of drug-likeness (QED) is 0.643. The Hall–Kier alpha value is -2.51. The fraction of sp³-hybridized carbons (Fsp3) is 0.222. The van der Waals surface area contributed by atoms with Gasteiger partial charge < -0.3 is 4.74 Å². The fourth-order valence-electron chi connectivity index (χ4n) is 2.60. The van der Waals surface area contributed by atoms with E-state index in [0.29, 0.717) is 28.6 Å². The van der Waals surface area contributed by atoms with Crippen LogP contribution < -0.4 is 9.47 Å². The van der Waals surface area contributed by atoms with Crippen molar-refractivity contribution in [2.45, 2.75) is 13.8 Å². The standard InChI is InChI=1S/C18H16ClN2O2/c1-18(2)9-14(16-5-3-4-6-21(16)22)13-7-12(10-20)15(19)8-17(13)23-11-18/h3-9,22H,11H2,1-2H3/q+1. The van der Waals surface area contributed by atoms with Crippen molar-refractivity contribution < 1.29 is 14.7 Å². The second-order valence-corrected chi connectivity index (χ2v) is 6.61. The van der Waals surface area contributed by atoms with Crippen LogP contribution in [0.2, 0.25) is 5.02 Å². The van der Waals surface area contributed by atoms with Gasteiger partial charge in [0, 0.05) is 33.9 Å². The molecule has 116 valence electrons. The molecule has 1 aromatic heterocycles. The molecular weight excluding hydrogens is 312 g/mol. The van der Waals surface area contributed by atoms with Crippen LogP contribution in [0.3, 0.4) is 0 Å². The maximum absolute atomic E-state index is 10.2. The van der Waals surface area contributed by atoms with Gasteiger partial charge in [-0.1, -0.05) is 31.5 Å². The summed E-state index contributed by atoms with van der Waals surface area (Å²) in [6.07, 6.45) is 3.62. The van der Waals surface area contributed by atoms with Gasteiger partial charge >= 0.3 is 0 Å². The zero-order valence-electron chi connectivity index (χ0n) is 12.9. The monoisotopic (exact) mass is 327 g/mol. The number of hydrogen-bond donors (Lipinski definition) is 1. The normalized spacial score (nSPS) is 15.7. The second-order valence-electron chi connectivity index (χ2n) is 6.21. The molecule has 4 nitrogen and oxygen atoms in total. The lowest BCUT2D eigenvalue weighted by molar-refractivity contribution is -0.906. The molecule has 0 aliphatic carbocycles. The van der Waals surface area contributed by atoms with Crippen molar-refractivity contribution in [2.75, 3.05) is 6.61 Å². The Morgan fingerprint density at radius 2 is 2.13 bits per heavy atom. The summed E-state index contributed by atoms with van der Waals surface area (Å²) in [6, 6.07) is 10.9. The van der Waals surface area contributed by atoms with Gasteiger partial charge in [-0.05, 0) is 12.1 Å². The maximum Gasteiger partial charge on any atom is 0.264 e. The van der Waals surface area contributed by atoms with E-state index < -0.39 is 0 Å². The van der Waals surface area contributed by atoms with Crippen LogP contribution in [0, 0.1) is 16.7 Å². The predicted octanol–water partition coefficient (Wildman–Crippen LogP) is 3.59. The lowest BCUT2D eigenvalue weighted by atomic mass is 9.89. The SMILES string of the molecule is CC1(C)C=C(c2cccc[n+]2O)c2cc(C#N)c(Cl)cc2OC1. The third-order valence-electron chi connectivity index (χ3n) is 3.73. The summed E-state index contributed by atoms with van der Waals surface area (Å²) < 4.78 is 6.97. The largest absolute Gasteiger partial charge is 0.492 e. The highest BCUT2D eigenvalue weighted by atomic mass is 35.5. The molecule has 1 N–H and O–H groups in total. The molecule has 5 heteroatoms. The molecular formula is C18H16ClN2O2+. The number of ether oxygens (including phenoxy) is 1. The van der Waals surface area contributed by atoms with Crippen molar-refractivity contribution in [1.29, 1.82) is 5.26 Å². The van der Waals surface area contributed by atoms with E-state index in [9.17, 15) is 10.5 Å². The first-order valence-corrected chi connectivity index (χ1v) is 7.59. The van der Waals surface area contributed by atoms with E-state index in [1.54, 1.807) is 24.4 Å². The van der Waals surface area contributed by atoms with E-state index in [2.05, 4.69) is 26.0 Å². The molecule has 0 fully saturated rings. The molecule has 1 aliphatic heterocycles. The van der Waals surface area contributed by atoms with Gasteiger partial charge in [0.1, 0.15) is 11.8 Å². The number of pyridine rings is 1. The van der Waals surface area contributed by atoms with Crippen LogP contribution in [0.1, 0.15) is 30.7 Å². The molecule has 1 aromatic carbocycles. The lowest BCUT2D eigenvalue weighted by Crippen LogP contribution is -2.34. The zero-order chi connectivity index (χ0) is 16.6. The van der Waals surface area contributed by atoms with Crippen LogP contribution in [0.4, 0.5) is 0 Å². The first-order valence-electron chi connectivity index (χ1n) is 7.21. The number of aromatic nitrogens is 1. The first kappa shape index (κ1) is 15.4. The maximum atomic E-state index is 10.2. The number of fused-ring (bicyclic) bond motifs is 1. The molecule has 0 saturated carbocycles. The average molecular weight is 328 g/mol. The lowest BCUT2D eigenvalue weighted by Gasteiger charge is -2.18. The summed E-state index contributed by atoms with van der Waals surface area (Å²) in [5, 5.41) is 19.8. The summed E-state index contributed by atoms with van der Waals surface area (Å²) in [5.74, 6) is 0.606. The van der Waals surface area contributed by atoms with Crippen molar-refractivity contribution >= 4 is 17.2 Å². The van der Waals surface area contributed by atoms with E-state index >= 15 is 0 Å². The highest BCUT2D eigenvalue weighted by molar-refractivity contribution is 6.32. The summed E-state index contributed by atoms with van der Waals surface area (Å²) in [4.78, 5) is 0. The molecule has 0 atom stereocenters. The van der Waals surface area contributed by atoms with Gasteiger partial charge in [-0.15, -0.1) is 0 Å². The number of benzene rings is 1. The predicted molar refractivity (Wildman–Crippen MR) is 86.3 cm³/mol. The number of nitrogens with zero attached hydrogens (tertiary/aromatic N) is 2. The Balaban J connectivity index is 2.30. The Morgan fingerprint density at radius 1 is 1.35 bits per heavy atom. The van der Waals surface area contributed by atoms with Crippen LogP contribution in [-0.2, 0) is 0 Å². The minimum absolute atomic E-state index is 0.240. The first-order chi connectivity index (χ1) is 10.9. The van der Waals surface area contributed by atoms with Crippen molar-refractivity contribution in [3.8, 4) is 11.8 Å². The molecule has 2 heterocycles. The number of hydrogen-bond acceptors (Lipinski definition) is 3. The van der Waals surface area contributed by atoms with Crippen LogP contribution in [0.25, 0.3) is 5.57 Å². The van der Waals surface area contributed by atoms with Crippen molar-refractivity contribution in [1.82, 2.24) is 0 Å². The third-order valence-corrected chi connectivity index (χ3v) is 4.04. The number of nitriles is 1. The summed E-state index contributed by atoms with van der Waals surface area (Å²) in [6.45, 7) is 4.58. The Bertz CT molecular complexity index is 851. The summed E-state index contributed by atoms with van der Waals surface area (Å²) >= 11 is 6.13. The Morgan fingerprint density at radius 3 is 2.83 bits per heavy atom. The third kappa shape index (κ3) is 2.88. The summed E-state index contributed by atoms with van der Waals surface area (Å²) in [7, 11) is 0. The van der Waals surface area contributed by atoms with E-state index in [0.717, 1.165) is 15.9 Å². The van der Waals surface area contributed by atoms with Crippen LogP contribution in [0.5, 0.6) is 5.75 Å². The minimum atomic E-state index is -0.240. The molecule has 0 unspecified atom stereocenters. The smallest absolute Gasteiger partial charge is 0.264 e. The molecule has 0 radical (unpaired) electrons. The molecule has 0 amide bonds. The fourth-order valence-corrected chi connectivity index (χ4v) is 2.80. The number of halogens is 1. The molecule has 0 bridgehead atoms. The molecule has 2 aromatic rings. The van der Waals surface area contributed by atoms with E-state index in [1.165, 1.54) is 0 Å². The second kappa shape index (κ2) is 5.60. The van der Waals surface area contributed by atoms with Crippen molar-refractivity contribution in [2.24, 2.45) is 5.41 Å². The highest BCUT2D eigenvalue weighted by Crippen LogP contribution is 2.39. The highest BCUT2D eigenvalue weighted by Gasteiger charge is 2.29. The zero-order valence-corrected chi connectivity index (χ0v) is 13.6. The van der Waals surface area contributed by atoms with Gasteiger partial charge in [-0.25, -0.2) is 0 Å².